The number of aromatic nitrogens is 2. The van der Waals surface area contributed by atoms with Crippen LogP contribution in [0.5, 0.6) is 0 Å². The number of nitrogens with zero attached hydrogens (tertiary/aromatic N) is 2. The molecule has 2 heteroatoms. The van der Waals surface area contributed by atoms with Gasteiger partial charge in [-0.2, -0.15) is 0 Å². The highest BCUT2D eigenvalue weighted by molar-refractivity contribution is 5.89. The van der Waals surface area contributed by atoms with E-state index in [1.54, 1.807) is 0 Å². The zero-order chi connectivity index (χ0) is 27.3. The summed E-state index contributed by atoms with van der Waals surface area (Å²) in [4.78, 5) is 9.30. The van der Waals surface area contributed by atoms with Crippen LogP contribution in [-0.4, -0.2) is 9.97 Å². The molecular weight excluding hydrogens is 484 g/mol. The molecule has 192 valence electrons. The van der Waals surface area contributed by atoms with Gasteiger partial charge in [0.15, 0.2) is 0 Å². The average molecular weight is 515 g/mol. The van der Waals surface area contributed by atoms with Crippen LogP contribution in [0.3, 0.4) is 0 Å². The highest BCUT2D eigenvalue weighted by Crippen LogP contribution is 2.22. The Bertz CT molecular complexity index is 1750. The summed E-state index contributed by atoms with van der Waals surface area (Å²) in [6.07, 6.45) is 16.5. The van der Waals surface area contributed by atoms with E-state index in [2.05, 4.69) is 157 Å². The Morgan fingerprint density at radius 3 is 1.18 bits per heavy atom. The Morgan fingerprint density at radius 2 is 0.750 bits per heavy atom. The van der Waals surface area contributed by atoms with E-state index in [-0.39, 0.29) is 0 Å². The summed E-state index contributed by atoms with van der Waals surface area (Å²) in [6.45, 7) is 4.20. The van der Waals surface area contributed by atoms with Crippen molar-refractivity contribution in [1.29, 1.82) is 0 Å². The number of hydrogen-bond donors (Lipinski definition) is 0. The van der Waals surface area contributed by atoms with Crippen molar-refractivity contribution in [1.82, 2.24) is 9.97 Å². The molecule has 0 unspecified atom stereocenters. The third kappa shape index (κ3) is 6.14. The van der Waals surface area contributed by atoms with E-state index in [1.165, 1.54) is 33.0 Å². The number of aryl methyl sites for hydroxylation is 2. The van der Waals surface area contributed by atoms with Gasteiger partial charge in [0.1, 0.15) is 0 Å². The van der Waals surface area contributed by atoms with E-state index >= 15 is 0 Å². The molecule has 0 radical (unpaired) electrons. The first-order valence-corrected chi connectivity index (χ1v) is 13.5. The number of fused-ring (bicyclic) bond motifs is 2. The molecule has 0 saturated carbocycles. The average Bonchev–Trinajstić information content (AvgIpc) is 2.99. The first-order valence-electron chi connectivity index (χ1n) is 13.5. The Hall–Kier alpha value is -5.08. The summed E-state index contributed by atoms with van der Waals surface area (Å²) >= 11 is 0. The van der Waals surface area contributed by atoms with Crippen LogP contribution in [0, 0.1) is 13.8 Å². The van der Waals surface area contributed by atoms with Gasteiger partial charge in [0.2, 0.25) is 0 Å². The standard InChI is InChI=1S/C38H30N2/c1-27-3-7-29(8-4-27)15-19-37-23-33-17-13-31(21-35(33)25-39-37)11-12-32-14-18-34-24-38(40-26-36(34)22-32)20-16-30-9-5-28(2)6-10-30/h3-26H,1-2H3/b12-11+,19-15+,20-16+. The van der Waals surface area contributed by atoms with Crippen molar-refractivity contribution in [2.45, 2.75) is 13.8 Å². The molecule has 40 heavy (non-hydrogen) atoms. The minimum absolute atomic E-state index is 0.954. The molecule has 6 aromatic rings. The quantitative estimate of drug-likeness (QED) is 0.207. The van der Waals surface area contributed by atoms with Gasteiger partial charge in [-0.25, -0.2) is 0 Å². The van der Waals surface area contributed by atoms with Gasteiger partial charge in [0.05, 0.1) is 11.4 Å². The third-order valence-electron chi connectivity index (χ3n) is 7.05. The topological polar surface area (TPSA) is 25.8 Å². The summed E-state index contributed by atoms with van der Waals surface area (Å²) in [5, 5.41) is 4.62. The zero-order valence-corrected chi connectivity index (χ0v) is 22.8. The van der Waals surface area contributed by atoms with E-state index in [0.29, 0.717) is 0 Å². The normalized spacial score (nSPS) is 11.9. The lowest BCUT2D eigenvalue weighted by Gasteiger charge is -2.03. The number of pyridine rings is 2. The molecule has 0 spiro atoms. The minimum Gasteiger partial charge on any atom is -0.256 e. The minimum atomic E-state index is 0.954. The predicted octanol–water partition coefficient (Wildman–Crippen LogP) is 9.91. The molecule has 2 aromatic heterocycles. The van der Waals surface area contributed by atoms with Crippen molar-refractivity contribution in [2.75, 3.05) is 0 Å². The lowest BCUT2D eigenvalue weighted by atomic mass is 10.0. The first-order chi connectivity index (χ1) is 19.6. The van der Waals surface area contributed by atoms with Gasteiger partial charge in [0, 0.05) is 23.2 Å². The van der Waals surface area contributed by atoms with Crippen molar-refractivity contribution < 1.29 is 0 Å². The lowest BCUT2D eigenvalue weighted by Crippen LogP contribution is -1.84. The largest absolute Gasteiger partial charge is 0.256 e. The third-order valence-corrected chi connectivity index (χ3v) is 7.05. The van der Waals surface area contributed by atoms with Gasteiger partial charge in [0.25, 0.3) is 0 Å². The SMILES string of the molecule is Cc1ccc(/C=C/c2cc3ccc(/C=C/c4ccc5cc(/C=C/c6ccc(C)cc6)ncc5c4)cc3cn2)cc1. The van der Waals surface area contributed by atoms with Crippen molar-refractivity contribution in [3.63, 3.8) is 0 Å². The second kappa shape index (κ2) is 11.3. The molecule has 0 fully saturated rings. The van der Waals surface area contributed by atoms with Crippen LogP contribution in [0.1, 0.15) is 44.8 Å². The number of hydrogen-bond acceptors (Lipinski definition) is 2. The summed E-state index contributed by atoms with van der Waals surface area (Å²) < 4.78 is 0. The second-order valence-electron chi connectivity index (χ2n) is 10.3. The fourth-order valence-electron chi connectivity index (χ4n) is 4.65. The van der Waals surface area contributed by atoms with Gasteiger partial charge < -0.3 is 0 Å². The molecule has 0 aliphatic heterocycles. The van der Waals surface area contributed by atoms with Gasteiger partial charge in [-0.15, -0.1) is 0 Å². The van der Waals surface area contributed by atoms with Crippen LogP contribution < -0.4 is 0 Å². The molecule has 6 rings (SSSR count). The first kappa shape index (κ1) is 25.2. The van der Waals surface area contributed by atoms with Crippen molar-refractivity contribution in [3.8, 4) is 0 Å². The maximum absolute atomic E-state index is 4.65. The Labute approximate surface area is 235 Å². The monoisotopic (exact) mass is 514 g/mol. The molecule has 0 aliphatic carbocycles. The van der Waals surface area contributed by atoms with Crippen molar-refractivity contribution >= 4 is 58.0 Å². The Balaban J connectivity index is 1.15. The number of benzene rings is 4. The van der Waals surface area contributed by atoms with Crippen LogP contribution >= 0.6 is 0 Å². The Morgan fingerprint density at radius 1 is 0.375 bits per heavy atom. The summed E-state index contributed by atoms with van der Waals surface area (Å²) in [5.41, 5.74) is 9.07. The van der Waals surface area contributed by atoms with Crippen LogP contribution in [0.15, 0.2) is 109 Å². The van der Waals surface area contributed by atoms with E-state index in [9.17, 15) is 0 Å². The highest BCUT2D eigenvalue weighted by Gasteiger charge is 2.00. The molecule has 0 amide bonds. The van der Waals surface area contributed by atoms with Crippen molar-refractivity contribution in [2.24, 2.45) is 0 Å². The summed E-state index contributed by atoms with van der Waals surface area (Å²) in [6, 6.07) is 34.3. The molecule has 0 bridgehead atoms. The fraction of sp³-hybridized carbons (Fsp3) is 0.0526. The molecule has 0 aliphatic rings. The smallest absolute Gasteiger partial charge is 0.0636 e. The van der Waals surface area contributed by atoms with E-state index in [4.69, 9.17) is 0 Å². The van der Waals surface area contributed by atoms with E-state index < -0.39 is 0 Å². The van der Waals surface area contributed by atoms with Crippen LogP contribution in [-0.2, 0) is 0 Å². The van der Waals surface area contributed by atoms with Gasteiger partial charge >= 0.3 is 0 Å². The highest BCUT2D eigenvalue weighted by atomic mass is 14.7. The maximum Gasteiger partial charge on any atom is 0.0636 e. The zero-order valence-electron chi connectivity index (χ0n) is 22.8. The molecular formula is C38H30N2. The van der Waals surface area contributed by atoms with Crippen LogP contribution in [0.2, 0.25) is 0 Å². The van der Waals surface area contributed by atoms with Gasteiger partial charge in [-0.05, 0) is 83.3 Å². The summed E-state index contributed by atoms with van der Waals surface area (Å²) in [7, 11) is 0. The Kier molecular flexibility index (Phi) is 7.15. The van der Waals surface area contributed by atoms with E-state index in [1.807, 2.05) is 12.4 Å². The summed E-state index contributed by atoms with van der Waals surface area (Å²) in [5.74, 6) is 0. The molecule has 4 aromatic carbocycles. The van der Waals surface area contributed by atoms with Crippen molar-refractivity contribution in [3.05, 3.63) is 154 Å². The maximum atomic E-state index is 4.65. The molecule has 0 saturated heterocycles. The fourth-order valence-corrected chi connectivity index (χ4v) is 4.65. The van der Waals surface area contributed by atoms with Gasteiger partial charge in [-0.1, -0.05) is 108 Å². The van der Waals surface area contributed by atoms with E-state index in [0.717, 1.165) is 33.3 Å². The molecule has 2 heterocycles. The molecule has 2 nitrogen and oxygen atoms in total. The number of rotatable bonds is 6. The van der Waals surface area contributed by atoms with Crippen LogP contribution in [0.25, 0.3) is 58.0 Å². The van der Waals surface area contributed by atoms with Crippen LogP contribution in [0.4, 0.5) is 0 Å². The second-order valence-corrected chi connectivity index (χ2v) is 10.3. The molecule has 0 N–H and O–H groups in total. The predicted molar refractivity (Wildman–Crippen MR) is 173 cm³/mol. The van der Waals surface area contributed by atoms with Gasteiger partial charge in [-0.3, -0.25) is 9.97 Å². The molecule has 0 atom stereocenters. The lowest BCUT2D eigenvalue weighted by molar-refractivity contribution is 1.33.